The fourth-order valence-electron chi connectivity index (χ4n) is 3.88. The number of benzene rings is 1. The summed E-state index contributed by atoms with van der Waals surface area (Å²) in [5.74, 6) is 0.0623. The van der Waals surface area contributed by atoms with Crippen molar-refractivity contribution in [3.05, 3.63) is 77.9 Å². The first kappa shape index (κ1) is 24.5. The van der Waals surface area contributed by atoms with Crippen molar-refractivity contribution >= 4 is 27.5 Å². The molecule has 0 saturated carbocycles. The number of furan rings is 1. The molecular weight excluding hydrogens is 470 g/mol. The lowest BCUT2D eigenvalue weighted by atomic mass is 10.2. The van der Waals surface area contributed by atoms with Gasteiger partial charge in [-0.25, -0.2) is 18.2 Å². The van der Waals surface area contributed by atoms with Gasteiger partial charge in [-0.3, -0.25) is 4.79 Å². The van der Waals surface area contributed by atoms with Gasteiger partial charge in [0.15, 0.2) is 15.6 Å². The van der Waals surface area contributed by atoms with E-state index in [1.807, 2.05) is 0 Å². The van der Waals surface area contributed by atoms with E-state index in [1.165, 1.54) is 30.5 Å². The SMILES string of the molecule is CCOC(=O)c1ccc(N2CCCN(C(=O)c3ccc(CS(=O)(=O)c4ccccc4)o3)CC2)nc1. The summed E-state index contributed by atoms with van der Waals surface area (Å²) in [6.45, 7) is 4.31. The summed E-state index contributed by atoms with van der Waals surface area (Å²) >= 11 is 0. The van der Waals surface area contributed by atoms with E-state index >= 15 is 0 Å². The van der Waals surface area contributed by atoms with Crippen molar-refractivity contribution < 1.29 is 27.2 Å². The van der Waals surface area contributed by atoms with Crippen LogP contribution in [0.1, 0.15) is 40.0 Å². The quantitative estimate of drug-likeness (QED) is 0.458. The van der Waals surface area contributed by atoms with Gasteiger partial charge in [0.25, 0.3) is 5.91 Å². The van der Waals surface area contributed by atoms with Crippen LogP contribution in [-0.4, -0.2) is 63.0 Å². The van der Waals surface area contributed by atoms with Gasteiger partial charge >= 0.3 is 5.97 Å². The van der Waals surface area contributed by atoms with Gasteiger partial charge in [-0.1, -0.05) is 18.2 Å². The van der Waals surface area contributed by atoms with E-state index < -0.39 is 15.8 Å². The third kappa shape index (κ3) is 5.89. The van der Waals surface area contributed by atoms with Crippen molar-refractivity contribution in [1.82, 2.24) is 9.88 Å². The minimum atomic E-state index is -3.57. The molecule has 35 heavy (non-hydrogen) atoms. The Labute approximate surface area is 204 Å². The van der Waals surface area contributed by atoms with Crippen LogP contribution in [0.4, 0.5) is 5.82 Å². The van der Waals surface area contributed by atoms with Crippen molar-refractivity contribution in [2.75, 3.05) is 37.7 Å². The first-order valence-electron chi connectivity index (χ1n) is 11.4. The number of hydrogen-bond donors (Lipinski definition) is 0. The van der Waals surface area contributed by atoms with Gasteiger partial charge in [0.05, 0.1) is 17.1 Å². The molecule has 0 bridgehead atoms. The number of esters is 1. The van der Waals surface area contributed by atoms with Crippen LogP contribution < -0.4 is 4.90 Å². The van der Waals surface area contributed by atoms with Gasteiger partial charge in [0.1, 0.15) is 17.3 Å². The summed E-state index contributed by atoms with van der Waals surface area (Å²) in [4.78, 5) is 33.2. The van der Waals surface area contributed by atoms with Gasteiger partial charge in [-0.15, -0.1) is 0 Å². The third-order valence-electron chi connectivity index (χ3n) is 5.67. The first-order valence-corrected chi connectivity index (χ1v) is 13.1. The van der Waals surface area contributed by atoms with Crippen molar-refractivity contribution in [2.45, 2.75) is 24.0 Å². The number of aromatic nitrogens is 1. The molecule has 1 amide bonds. The average molecular weight is 498 g/mol. The molecule has 1 fully saturated rings. The number of rotatable bonds is 7. The third-order valence-corrected chi connectivity index (χ3v) is 7.33. The van der Waals surface area contributed by atoms with E-state index in [4.69, 9.17) is 9.15 Å². The van der Waals surface area contributed by atoms with Gasteiger partial charge in [-0.05, 0) is 49.7 Å². The van der Waals surface area contributed by atoms with Crippen molar-refractivity contribution in [3.63, 3.8) is 0 Å². The van der Waals surface area contributed by atoms with E-state index in [1.54, 1.807) is 42.2 Å². The fourth-order valence-corrected chi connectivity index (χ4v) is 5.15. The van der Waals surface area contributed by atoms with E-state index in [2.05, 4.69) is 9.88 Å². The Morgan fingerprint density at radius 2 is 1.80 bits per heavy atom. The Bertz CT molecular complexity index is 1270. The number of amides is 1. The second-order valence-corrected chi connectivity index (χ2v) is 10.1. The molecule has 0 atom stereocenters. The minimum absolute atomic E-state index is 0.119. The molecule has 0 unspecified atom stereocenters. The van der Waals surface area contributed by atoms with Crippen LogP contribution in [0.25, 0.3) is 0 Å². The summed E-state index contributed by atoms with van der Waals surface area (Å²) in [6, 6.07) is 14.7. The highest BCUT2D eigenvalue weighted by atomic mass is 32.2. The number of ether oxygens (including phenoxy) is 1. The zero-order chi connectivity index (χ0) is 24.8. The number of carbonyl (C=O) groups is 2. The van der Waals surface area contributed by atoms with Crippen molar-refractivity contribution in [2.24, 2.45) is 0 Å². The largest absolute Gasteiger partial charge is 0.462 e. The van der Waals surface area contributed by atoms with Crippen LogP contribution in [0.2, 0.25) is 0 Å². The summed E-state index contributed by atoms with van der Waals surface area (Å²) in [7, 11) is -3.57. The summed E-state index contributed by atoms with van der Waals surface area (Å²) in [5.41, 5.74) is 0.394. The van der Waals surface area contributed by atoms with Crippen LogP contribution >= 0.6 is 0 Å². The predicted molar refractivity (Wildman–Crippen MR) is 129 cm³/mol. The summed E-state index contributed by atoms with van der Waals surface area (Å²) < 4.78 is 35.8. The van der Waals surface area contributed by atoms with E-state index in [9.17, 15) is 18.0 Å². The number of pyridine rings is 1. The molecule has 1 aliphatic heterocycles. The highest BCUT2D eigenvalue weighted by Gasteiger charge is 2.25. The van der Waals surface area contributed by atoms with Crippen LogP contribution in [-0.2, 0) is 20.3 Å². The van der Waals surface area contributed by atoms with Crippen LogP contribution in [0.3, 0.4) is 0 Å². The molecule has 3 heterocycles. The lowest BCUT2D eigenvalue weighted by molar-refractivity contribution is 0.0525. The highest BCUT2D eigenvalue weighted by Crippen LogP contribution is 2.20. The van der Waals surface area contributed by atoms with Crippen molar-refractivity contribution in [1.29, 1.82) is 0 Å². The monoisotopic (exact) mass is 497 g/mol. The zero-order valence-corrected chi connectivity index (χ0v) is 20.2. The minimum Gasteiger partial charge on any atom is -0.462 e. The van der Waals surface area contributed by atoms with Gasteiger partial charge in [0, 0.05) is 32.4 Å². The van der Waals surface area contributed by atoms with Gasteiger partial charge in [-0.2, -0.15) is 0 Å². The fraction of sp³-hybridized carbons (Fsp3) is 0.320. The maximum atomic E-state index is 13.0. The Balaban J connectivity index is 1.37. The standard InChI is InChI=1S/C25H27N3O6S/c1-2-33-25(30)19-9-12-23(26-17-19)27-13-6-14-28(16-15-27)24(29)22-11-10-20(34-22)18-35(31,32)21-7-4-3-5-8-21/h3-5,7-12,17H,2,6,13-16,18H2,1H3. The zero-order valence-electron chi connectivity index (χ0n) is 19.4. The molecule has 2 aromatic heterocycles. The number of nitrogens with zero attached hydrogens (tertiary/aromatic N) is 3. The lowest BCUT2D eigenvalue weighted by Gasteiger charge is -2.22. The molecule has 1 aromatic carbocycles. The molecule has 1 saturated heterocycles. The molecule has 184 valence electrons. The van der Waals surface area contributed by atoms with Crippen LogP contribution in [0.5, 0.6) is 0 Å². The van der Waals surface area contributed by atoms with Crippen LogP contribution in [0, 0.1) is 0 Å². The second kappa shape index (κ2) is 10.7. The predicted octanol–water partition coefficient (Wildman–Crippen LogP) is 3.18. The average Bonchev–Trinajstić information content (AvgIpc) is 3.18. The normalized spacial score (nSPS) is 14.4. The van der Waals surface area contributed by atoms with E-state index in [-0.39, 0.29) is 28.1 Å². The van der Waals surface area contributed by atoms with Crippen LogP contribution in [0.15, 0.2) is 70.1 Å². The number of sulfone groups is 1. The number of carbonyl (C=O) groups excluding carboxylic acids is 2. The Morgan fingerprint density at radius 3 is 2.51 bits per heavy atom. The smallest absolute Gasteiger partial charge is 0.339 e. The molecule has 10 heteroatoms. The lowest BCUT2D eigenvalue weighted by Crippen LogP contribution is -2.35. The van der Waals surface area contributed by atoms with Gasteiger partial charge < -0.3 is 19.0 Å². The molecule has 0 spiro atoms. The Morgan fingerprint density at radius 1 is 1.00 bits per heavy atom. The van der Waals surface area contributed by atoms with Gasteiger partial charge in [0.2, 0.25) is 0 Å². The van der Waals surface area contributed by atoms with Crippen molar-refractivity contribution in [3.8, 4) is 0 Å². The molecule has 0 aliphatic carbocycles. The number of anilines is 1. The molecule has 0 N–H and O–H groups in total. The maximum absolute atomic E-state index is 13.0. The second-order valence-electron chi connectivity index (χ2n) is 8.10. The molecular formula is C25H27N3O6S. The Hall–Kier alpha value is -3.66. The molecule has 4 rings (SSSR count). The van der Waals surface area contributed by atoms with E-state index in [0.717, 1.165) is 12.2 Å². The topological polar surface area (TPSA) is 110 Å². The van der Waals surface area contributed by atoms with E-state index in [0.29, 0.717) is 38.3 Å². The molecule has 3 aromatic rings. The number of hydrogen-bond acceptors (Lipinski definition) is 8. The molecule has 0 radical (unpaired) electrons. The maximum Gasteiger partial charge on any atom is 0.339 e. The Kier molecular flexibility index (Phi) is 7.50. The molecule has 9 nitrogen and oxygen atoms in total. The first-order chi connectivity index (χ1) is 16.9. The highest BCUT2D eigenvalue weighted by molar-refractivity contribution is 7.90. The summed E-state index contributed by atoms with van der Waals surface area (Å²) in [6.07, 6.45) is 2.22. The molecule has 1 aliphatic rings. The summed E-state index contributed by atoms with van der Waals surface area (Å²) in [5, 5.41) is 0.